The monoisotopic (exact) mass is 481 g/mol. The molecular formula is C21H28IN3O2. The standard InChI is InChI=1S/C21H27N3O2.HI/c1-21(2,3)26-18-10-6-4-8-15(18)14-23-20(22)24-17-12-13-25-19-11-7-5-9-16(17)19;/h4-11,17H,12-14H2,1-3H3,(H3,22,23,24);1H. The Morgan fingerprint density at radius 2 is 1.89 bits per heavy atom. The number of nitrogens with two attached hydrogens (primary N) is 1. The Bertz CT molecular complexity index is 787. The highest BCUT2D eigenvalue weighted by Gasteiger charge is 2.21. The average Bonchev–Trinajstić information content (AvgIpc) is 2.60. The molecule has 0 saturated carbocycles. The van der Waals surface area contributed by atoms with E-state index < -0.39 is 0 Å². The highest BCUT2D eigenvalue weighted by Crippen LogP contribution is 2.31. The number of nitrogens with zero attached hydrogens (tertiary/aromatic N) is 1. The van der Waals surface area contributed by atoms with Gasteiger partial charge in [-0.1, -0.05) is 36.4 Å². The van der Waals surface area contributed by atoms with Crippen LogP contribution in [-0.2, 0) is 6.54 Å². The van der Waals surface area contributed by atoms with Gasteiger partial charge in [-0.05, 0) is 32.9 Å². The zero-order chi connectivity index (χ0) is 18.6. The molecular weight excluding hydrogens is 453 g/mol. The maximum Gasteiger partial charge on any atom is 0.189 e. The lowest BCUT2D eigenvalue weighted by molar-refractivity contribution is 0.129. The molecule has 0 aliphatic carbocycles. The van der Waals surface area contributed by atoms with Crippen LogP contribution in [0.1, 0.15) is 44.4 Å². The maximum atomic E-state index is 6.14. The normalized spacial score (nSPS) is 16.6. The Morgan fingerprint density at radius 3 is 2.67 bits per heavy atom. The van der Waals surface area contributed by atoms with Crippen molar-refractivity contribution in [3.05, 3.63) is 59.7 Å². The van der Waals surface area contributed by atoms with Crippen molar-refractivity contribution < 1.29 is 9.47 Å². The summed E-state index contributed by atoms with van der Waals surface area (Å²) in [4.78, 5) is 4.51. The third-order valence-corrected chi connectivity index (χ3v) is 4.09. The Labute approximate surface area is 178 Å². The second kappa shape index (κ2) is 9.30. The lowest BCUT2D eigenvalue weighted by atomic mass is 10.0. The number of aliphatic imine (C=N–C) groups is 1. The fraction of sp³-hybridized carbons (Fsp3) is 0.381. The van der Waals surface area contributed by atoms with Crippen molar-refractivity contribution in [3.63, 3.8) is 0 Å². The van der Waals surface area contributed by atoms with Crippen LogP contribution in [0.4, 0.5) is 0 Å². The third kappa shape index (κ3) is 6.02. The zero-order valence-electron chi connectivity index (χ0n) is 16.1. The van der Waals surface area contributed by atoms with E-state index in [0.717, 1.165) is 29.0 Å². The van der Waals surface area contributed by atoms with Crippen molar-refractivity contribution in [2.75, 3.05) is 6.61 Å². The average molecular weight is 481 g/mol. The molecule has 2 aromatic carbocycles. The molecule has 6 heteroatoms. The van der Waals surface area contributed by atoms with E-state index in [1.165, 1.54) is 0 Å². The predicted octanol–water partition coefficient (Wildman–Crippen LogP) is 4.41. The molecule has 2 aromatic rings. The zero-order valence-corrected chi connectivity index (χ0v) is 18.4. The van der Waals surface area contributed by atoms with Crippen LogP contribution in [-0.4, -0.2) is 18.2 Å². The molecule has 0 fully saturated rings. The number of fused-ring (bicyclic) bond motifs is 1. The molecule has 0 aromatic heterocycles. The van der Waals surface area contributed by atoms with E-state index in [0.29, 0.717) is 19.1 Å². The van der Waals surface area contributed by atoms with Crippen molar-refractivity contribution in [1.29, 1.82) is 0 Å². The Balaban J connectivity index is 0.00000261. The summed E-state index contributed by atoms with van der Waals surface area (Å²) in [6.07, 6.45) is 0.858. The molecule has 0 spiro atoms. The topological polar surface area (TPSA) is 68.9 Å². The van der Waals surface area contributed by atoms with Crippen molar-refractivity contribution in [1.82, 2.24) is 5.32 Å². The highest BCUT2D eigenvalue weighted by atomic mass is 127. The van der Waals surface area contributed by atoms with E-state index in [4.69, 9.17) is 15.2 Å². The summed E-state index contributed by atoms with van der Waals surface area (Å²) in [7, 11) is 0. The summed E-state index contributed by atoms with van der Waals surface area (Å²) >= 11 is 0. The van der Waals surface area contributed by atoms with Crippen molar-refractivity contribution in [3.8, 4) is 11.5 Å². The van der Waals surface area contributed by atoms with Gasteiger partial charge in [-0.25, -0.2) is 4.99 Å². The molecule has 0 amide bonds. The minimum absolute atomic E-state index is 0. The molecule has 1 aliphatic heterocycles. The molecule has 1 heterocycles. The summed E-state index contributed by atoms with van der Waals surface area (Å²) < 4.78 is 11.7. The first kappa shape index (κ1) is 21.3. The van der Waals surface area contributed by atoms with Gasteiger partial charge in [0.15, 0.2) is 5.96 Å². The number of nitrogens with one attached hydrogen (secondary N) is 1. The van der Waals surface area contributed by atoms with Gasteiger partial charge in [0.1, 0.15) is 17.1 Å². The van der Waals surface area contributed by atoms with Crippen LogP contribution in [0.2, 0.25) is 0 Å². The number of hydrogen-bond acceptors (Lipinski definition) is 3. The third-order valence-electron chi connectivity index (χ3n) is 4.09. The molecule has 5 nitrogen and oxygen atoms in total. The Morgan fingerprint density at radius 1 is 1.19 bits per heavy atom. The largest absolute Gasteiger partial charge is 0.493 e. The number of para-hydroxylation sites is 2. The van der Waals surface area contributed by atoms with Gasteiger partial charge in [0.2, 0.25) is 0 Å². The van der Waals surface area contributed by atoms with Crippen LogP contribution in [0.25, 0.3) is 0 Å². The SMILES string of the molecule is CC(C)(C)Oc1ccccc1CN=C(N)NC1CCOc2ccccc21.I. The maximum absolute atomic E-state index is 6.14. The quantitative estimate of drug-likeness (QED) is 0.386. The molecule has 146 valence electrons. The van der Waals surface area contributed by atoms with E-state index in [2.05, 4.69) is 16.4 Å². The summed E-state index contributed by atoms with van der Waals surface area (Å²) in [6, 6.07) is 16.1. The van der Waals surface area contributed by atoms with Gasteiger partial charge in [0.25, 0.3) is 0 Å². The minimum atomic E-state index is -0.255. The molecule has 3 rings (SSSR count). The summed E-state index contributed by atoms with van der Waals surface area (Å²) in [5.41, 5.74) is 8.02. The Hall–Kier alpha value is -1.96. The Kier molecular flexibility index (Phi) is 7.35. The van der Waals surface area contributed by atoms with Crippen molar-refractivity contribution in [2.24, 2.45) is 10.7 Å². The molecule has 27 heavy (non-hydrogen) atoms. The molecule has 0 saturated heterocycles. The van der Waals surface area contributed by atoms with Gasteiger partial charge in [0.05, 0.1) is 19.2 Å². The predicted molar refractivity (Wildman–Crippen MR) is 120 cm³/mol. The number of halogens is 1. The van der Waals surface area contributed by atoms with Crippen LogP contribution in [0.15, 0.2) is 53.5 Å². The number of guanidine groups is 1. The first-order valence-electron chi connectivity index (χ1n) is 8.97. The van der Waals surface area contributed by atoms with E-state index in [1.54, 1.807) is 0 Å². The number of rotatable bonds is 4. The van der Waals surface area contributed by atoms with Crippen LogP contribution < -0.4 is 20.5 Å². The first-order valence-corrected chi connectivity index (χ1v) is 8.97. The van der Waals surface area contributed by atoms with E-state index in [9.17, 15) is 0 Å². The van der Waals surface area contributed by atoms with Gasteiger partial charge < -0.3 is 20.5 Å². The molecule has 3 N–H and O–H groups in total. The van der Waals surface area contributed by atoms with Crippen LogP contribution in [0.3, 0.4) is 0 Å². The summed E-state index contributed by atoms with van der Waals surface area (Å²) in [5.74, 6) is 2.18. The smallest absolute Gasteiger partial charge is 0.189 e. The highest BCUT2D eigenvalue weighted by molar-refractivity contribution is 14.0. The van der Waals surface area contributed by atoms with Crippen molar-refractivity contribution >= 4 is 29.9 Å². The van der Waals surface area contributed by atoms with Crippen LogP contribution >= 0.6 is 24.0 Å². The fourth-order valence-electron chi connectivity index (χ4n) is 2.95. The lowest BCUT2D eigenvalue weighted by Gasteiger charge is -2.27. The fourth-order valence-corrected chi connectivity index (χ4v) is 2.95. The van der Waals surface area contributed by atoms with Gasteiger partial charge >= 0.3 is 0 Å². The second-order valence-corrected chi connectivity index (χ2v) is 7.40. The van der Waals surface area contributed by atoms with E-state index in [1.807, 2.05) is 63.2 Å². The summed E-state index contributed by atoms with van der Waals surface area (Å²) in [6.45, 7) is 7.24. The van der Waals surface area contributed by atoms with Gasteiger partial charge in [-0.3, -0.25) is 0 Å². The van der Waals surface area contributed by atoms with Crippen LogP contribution in [0.5, 0.6) is 11.5 Å². The number of hydrogen-bond donors (Lipinski definition) is 2. The number of benzene rings is 2. The summed E-state index contributed by atoms with van der Waals surface area (Å²) in [5, 5.41) is 3.32. The lowest BCUT2D eigenvalue weighted by Crippen LogP contribution is -2.37. The van der Waals surface area contributed by atoms with Gasteiger partial charge in [-0.2, -0.15) is 0 Å². The van der Waals surface area contributed by atoms with E-state index >= 15 is 0 Å². The number of ether oxygens (including phenoxy) is 2. The van der Waals surface area contributed by atoms with Gasteiger partial charge in [0, 0.05) is 17.5 Å². The van der Waals surface area contributed by atoms with Crippen molar-refractivity contribution in [2.45, 2.75) is 45.4 Å². The van der Waals surface area contributed by atoms with Gasteiger partial charge in [-0.15, -0.1) is 24.0 Å². The molecule has 1 unspecified atom stereocenters. The van der Waals surface area contributed by atoms with E-state index in [-0.39, 0.29) is 35.6 Å². The molecule has 1 atom stereocenters. The molecule has 0 radical (unpaired) electrons. The first-order chi connectivity index (χ1) is 12.4. The minimum Gasteiger partial charge on any atom is -0.493 e. The van der Waals surface area contributed by atoms with Crippen LogP contribution in [0, 0.1) is 0 Å². The molecule has 0 bridgehead atoms. The molecule has 1 aliphatic rings. The second-order valence-electron chi connectivity index (χ2n) is 7.40.